The fourth-order valence-electron chi connectivity index (χ4n) is 6.39. The van der Waals surface area contributed by atoms with E-state index in [2.05, 4.69) is 22.0 Å². The van der Waals surface area contributed by atoms with Crippen molar-refractivity contribution in [1.29, 1.82) is 0 Å². The van der Waals surface area contributed by atoms with Crippen LogP contribution in [0.3, 0.4) is 0 Å². The summed E-state index contributed by atoms with van der Waals surface area (Å²) in [6, 6.07) is 14.5. The lowest BCUT2D eigenvalue weighted by Crippen LogP contribution is -2.50. The molecule has 0 N–H and O–H groups in total. The molecule has 2 aromatic rings. The predicted octanol–water partition coefficient (Wildman–Crippen LogP) is 2.47. The van der Waals surface area contributed by atoms with E-state index in [-0.39, 0.29) is 48.4 Å². The third kappa shape index (κ3) is 6.09. The Morgan fingerprint density at radius 1 is 0.925 bits per heavy atom. The highest BCUT2D eigenvalue weighted by atomic mass is 16.2. The Balaban J connectivity index is 1.21. The summed E-state index contributed by atoms with van der Waals surface area (Å²) in [5.41, 5.74) is 1.56. The Bertz CT molecular complexity index is 1210. The molecule has 0 aliphatic carbocycles. The van der Waals surface area contributed by atoms with Gasteiger partial charge in [-0.3, -0.25) is 29.1 Å². The van der Waals surface area contributed by atoms with Gasteiger partial charge in [0.2, 0.25) is 11.8 Å². The summed E-state index contributed by atoms with van der Waals surface area (Å²) in [6.07, 6.45) is 2.84. The third-order valence-corrected chi connectivity index (χ3v) is 8.35. The molecule has 0 spiro atoms. The van der Waals surface area contributed by atoms with Crippen LogP contribution in [0, 0.1) is 11.8 Å². The molecule has 3 aliphatic heterocycles. The van der Waals surface area contributed by atoms with E-state index in [0.29, 0.717) is 38.2 Å². The van der Waals surface area contributed by atoms with Crippen LogP contribution in [-0.2, 0) is 20.9 Å². The van der Waals surface area contributed by atoms with E-state index in [1.807, 2.05) is 36.9 Å². The van der Waals surface area contributed by atoms with Crippen LogP contribution < -0.4 is 0 Å². The second-order valence-corrected chi connectivity index (χ2v) is 11.6. The molecular weight excluding hydrogens is 506 g/mol. The van der Waals surface area contributed by atoms with Crippen molar-refractivity contribution in [1.82, 2.24) is 24.6 Å². The lowest BCUT2D eigenvalue weighted by molar-refractivity contribution is -0.144. The summed E-state index contributed by atoms with van der Waals surface area (Å²) >= 11 is 0. The maximum Gasteiger partial charge on any atom is 0.273 e. The van der Waals surface area contributed by atoms with Gasteiger partial charge < -0.3 is 14.7 Å². The molecule has 1 aromatic heterocycles. The van der Waals surface area contributed by atoms with E-state index in [1.165, 1.54) is 5.56 Å². The van der Waals surface area contributed by atoms with Gasteiger partial charge in [0.1, 0.15) is 11.7 Å². The maximum absolute atomic E-state index is 13.9. The molecule has 3 unspecified atom stereocenters. The monoisotopic (exact) mass is 545 g/mol. The number of likely N-dealkylation sites (tertiary alicyclic amines) is 2. The highest BCUT2D eigenvalue weighted by Gasteiger charge is 2.52. The predicted molar refractivity (Wildman–Crippen MR) is 150 cm³/mol. The van der Waals surface area contributed by atoms with Gasteiger partial charge >= 0.3 is 0 Å². The number of pyridine rings is 1. The summed E-state index contributed by atoms with van der Waals surface area (Å²) in [5, 5.41) is 0. The van der Waals surface area contributed by atoms with Crippen molar-refractivity contribution in [3.05, 3.63) is 66.0 Å². The second-order valence-electron chi connectivity index (χ2n) is 11.6. The number of piperazine rings is 1. The highest BCUT2D eigenvalue weighted by Crippen LogP contribution is 2.33. The molecule has 3 aliphatic rings. The number of benzene rings is 1. The number of rotatable bonds is 8. The number of hydrogen-bond acceptors (Lipinski definition) is 6. The van der Waals surface area contributed by atoms with Gasteiger partial charge in [0, 0.05) is 57.8 Å². The van der Waals surface area contributed by atoms with E-state index in [4.69, 9.17) is 0 Å². The lowest BCUT2D eigenvalue weighted by atomic mass is 9.91. The average molecular weight is 546 g/mol. The zero-order valence-electron chi connectivity index (χ0n) is 23.4. The van der Waals surface area contributed by atoms with Gasteiger partial charge in [-0.2, -0.15) is 0 Å². The Morgan fingerprint density at radius 3 is 2.33 bits per heavy atom. The maximum atomic E-state index is 13.9. The third-order valence-electron chi connectivity index (χ3n) is 8.35. The van der Waals surface area contributed by atoms with E-state index >= 15 is 0 Å². The fourth-order valence-corrected chi connectivity index (χ4v) is 6.39. The molecule has 1 aromatic carbocycles. The fraction of sp³-hybridized carbons (Fsp3) is 0.516. The Morgan fingerprint density at radius 2 is 1.65 bits per heavy atom. The van der Waals surface area contributed by atoms with Crippen LogP contribution in [-0.4, -0.2) is 99.4 Å². The first-order chi connectivity index (χ1) is 19.3. The minimum absolute atomic E-state index is 0.00110. The minimum Gasteiger partial charge on any atom is -0.340 e. The van der Waals surface area contributed by atoms with Crippen molar-refractivity contribution in [2.75, 3.05) is 39.3 Å². The van der Waals surface area contributed by atoms with Crippen LogP contribution >= 0.6 is 0 Å². The Labute approximate surface area is 236 Å². The molecule has 9 heteroatoms. The van der Waals surface area contributed by atoms with Crippen LogP contribution in [0.2, 0.25) is 0 Å². The lowest BCUT2D eigenvalue weighted by Gasteiger charge is -2.36. The molecule has 3 amide bonds. The molecule has 4 heterocycles. The van der Waals surface area contributed by atoms with Crippen molar-refractivity contribution < 1.29 is 19.2 Å². The summed E-state index contributed by atoms with van der Waals surface area (Å²) < 4.78 is 0. The summed E-state index contributed by atoms with van der Waals surface area (Å²) in [4.78, 5) is 65.0. The van der Waals surface area contributed by atoms with E-state index in [1.54, 1.807) is 34.2 Å². The van der Waals surface area contributed by atoms with Crippen molar-refractivity contribution in [3.8, 4) is 0 Å². The number of Topliss-reactive ketones (excluding diaryl/α,β-unsaturated/α-hetero) is 1. The molecule has 0 saturated carbocycles. The van der Waals surface area contributed by atoms with Crippen LogP contribution in [0.1, 0.15) is 49.2 Å². The van der Waals surface area contributed by atoms with Gasteiger partial charge in [-0.25, -0.2) is 0 Å². The molecule has 40 heavy (non-hydrogen) atoms. The number of amides is 3. The molecule has 3 fully saturated rings. The molecule has 0 radical (unpaired) electrons. The average Bonchev–Trinajstić information content (AvgIpc) is 3.54. The summed E-state index contributed by atoms with van der Waals surface area (Å²) in [7, 11) is 0. The quantitative estimate of drug-likeness (QED) is 0.506. The second kappa shape index (κ2) is 12.3. The van der Waals surface area contributed by atoms with E-state index in [0.717, 1.165) is 19.6 Å². The SMILES string of the molecule is CC(C)CC(CC(=O)N1CCN(Cc2ccccc2)CC1)C(=O)N1CCC2C1C(=O)CN2C(=O)c1ccccn1. The molecule has 3 saturated heterocycles. The first-order valence-electron chi connectivity index (χ1n) is 14.4. The van der Waals surface area contributed by atoms with E-state index < -0.39 is 12.0 Å². The normalized spacial score (nSPS) is 22.1. The zero-order chi connectivity index (χ0) is 28.2. The van der Waals surface area contributed by atoms with Crippen molar-refractivity contribution in [3.63, 3.8) is 0 Å². The van der Waals surface area contributed by atoms with Crippen LogP contribution in [0.4, 0.5) is 0 Å². The molecular formula is C31H39N5O4. The standard InChI is InChI=1S/C31H39N5O4/c1-22(2)18-24(19-28(38)34-16-14-33(15-17-34)20-23-8-4-3-5-9-23)30(39)35-13-11-26-29(35)27(37)21-36(26)31(40)25-10-6-7-12-32-25/h3-10,12,22,24,26,29H,11,13-21H2,1-2H3. The van der Waals surface area contributed by atoms with Crippen LogP contribution in [0.15, 0.2) is 54.7 Å². The molecule has 5 rings (SSSR count). The van der Waals surface area contributed by atoms with Gasteiger partial charge in [-0.05, 0) is 36.5 Å². The number of nitrogens with zero attached hydrogens (tertiary/aromatic N) is 5. The summed E-state index contributed by atoms with van der Waals surface area (Å²) in [5.74, 6) is -0.803. The Kier molecular flexibility index (Phi) is 8.59. The minimum atomic E-state index is -0.647. The van der Waals surface area contributed by atoms with Gasteiger partial charge in [-0.1, -0.05) is 50.2 Å². The molecule has 9 nitrogen and oxygen atoms in total. The van der Waals surface area contributed by atoms with Gasteiger partial charge in [0.15, 0.2) is 5.78 Å². The van der Waals surface area contributed by atoms with Gasteiger partial charge in [0.25, 0.3) is 5.91 Å². The largest absolute Gasteiger partial charge is 0.340 e. The van der Waals surface area contributed by atoms with Gasteiger partial charge in [-0.15, -0.1) is 0 Å². The van der Waals surface area contributed by atoms with Crippen LogP contribution in [0.25, 0.3) is 0 Å². The topological polar surface area (TPSA) is 94.1 Å². The molecule has 3 atom stereocenters. The molecule has 212 valence electrons. The van der Waals surface area contributed by atoms with Gasteiger partial charge in [0.05, 0.1) is 12.6 Å². The summed E-state index contributed by atoms with van der Waals surface area (Å²) in [6.45, 7) is 8.24. The zero-order valence-corrected chi connectivity index (χ0v) is 23.4. The van der Waals surface area contributed by atoms with Crippen molar-refractivity contribution in [2.45, 2.75) is 51.7 Å². The smallest absolute Gasteiger partial charge is 0.273 e. The van der Waals surface area contributed by atoms with Crippen molar-refractivity contribution >= 4 is 23.5 Å². The first-order valence-corrected chi connectivity index (χ1v) is 14.4. The van der Waals surface area contributed by atoms with E-state index in [9.17, 15) is 19.2 Å². The molecule has 0 bridgehead atoms. The van der Waals surface area contributed by atoms with Crippen LogP contribution in [0.5, 0.6) is 0 Å². The highest BCUT2D eigenvalue weighted by molar-refractivity contribution is 6.02. The first kappa shape index (κ1) is 28.0. The number of carbonyl (C=O) groups is 4. The number of hydrogen-bond donors (Lipinski definition) is 0. The number of aromatic nitrogens is 1. The van der Waals surface area contributed by atoms with Crippen molar-refractivity contribution in [2.24, 2.45) is 11.8 Å². The number of fused-ring (bicyclic) bond motifs is 1. The number of ketones is 1. The number of carbonyl (C=O) groups excluding carboxylic acids is 4. The Hall–Kier alpha value is -3.59.